The van der Waals surface area contributed by atoms with Crippen LogP contribution >= 0.6 is 0 Å². The molecular weight excluding hydrogens is 776 g/mol. The second-order valence-corrected chi connectivity index (χ2v) is 14.4. The van der Waals surface area contributed by atoms with Crippen molar-refractivity contribution < 1.29 is 66.9 Å². The molecule has 14 heteroatoms. The lowest BCUT2D eigenvalue weighted by Crippen LogP contribution is -2.64. The van der Waals surface area contributed by atoms with Crippen LogP contribution in [0.5, 0.6) is 0 Å². The van der Waals surface area contributed by atoms with Crippen molar-refractivity contribution in [2.75, 3.05) is 13.2 Å². The maximum absolute atomic E-state index is 12.8. The first-order chi connectivity index (χ1) is 29.1. The van der Waals surface area contributed by atoms with Crippen molar-refractivity contribution >= 4 is 17.9 Å². The standard InChI is InChI=1S/C46H52O14/c1-30(47)56-40-38(59-45(50)43(42(40)57-31(2)48)54-27-36-22-14-7-15-23-36)29-55-46-44(58-32(3)49)41(53-26-35-20-12-6-13-21-35)39(52-25-34-18-10-5-11-19-34)37(60-46)28-51-24-33-16-8-4-9-17-33/h4-23,37-46,50H,24-29H2,1-3H3/t37-,38-,39+,40+,41+,42+,43-,44-,45-,46-/m1/s1. The van der Waals surface area contributed by atoms with Crippen LogP contribution in [0.2, 0.25) is 0 Å². The smallest absolute Gasteiger partial charge is 0.303 e. The highest BCUT2D eigenvalue weighted by atomic mass is 16.7. The topological polar surface area (TPSA) is 164 Å². The van der Waals surface area contributed by atoms with Crippen LogP contribution in [0, 0.1) is 0 Å². The van der Waals surface area contributed by atoms with E-state index in [0.717, 1.165) is 22.3 Å². The quantitative estimate of drug-likeness (QED) is 0.0968. The summed E-state index contributed by atoms with van der Waals surface area (Å²) >= 11 is 0. The van der Waals surface area contributed by atoms with Gasteiger partial charge in [0.1, 0.15) is 30.5 Å². The fourth-order valence-corrected chi connectivity index (χ4v) is 7.08. The zero-order valence-corrected chi connectivity index (χ0v) is 33.8. The van der Waals surface area contributed by atoms with Crippen molar-refractivity contribution in [2.24, 2.45) is 0 Å². The molecule has 2 saturated heterocycles. The first-order valence-electron chi connectivity index (χ1n) is 19.8. The average Bonchev–Trinajstić information content (AvgIpc) is 3.24. The molecule has 2 heterocycles. The highest BCUT2D eigenvalue weighted by Gasteiger charge is 2.53. The minimum atomic E-state index is -1.65. The van der Waals surface area contributed by atoms with Gasteiger partial charge in [-0.1, -0.05) is 121 Å². The summed E-state index contributed by atoms with van der Waals surface area (Å²) in [6, 6.07) is 37.9. The fourth-order valence-electron chi connectivity index (χ4n) is 7.08. The van der Waals surface area contributed by atoms with Crippen molar-refractivity contribution in [1.29, 1.82) is 0 Å². The molecule has 2 aliphatic rings. The van der Waals surface area contributed by atoms with Crippen LogP contribution in [0.1, 0.15) is 43.0 Å². The Kier molecular flexibility index (Phi) is 16.7. The molecule has 0 saturated carbocycles. The molecule has 14 nitrogen and oxygen atoms in total. The normalized spacial score (nSPS) is 26.5. The summed E-state index contributed by atoms with van der Waals surface area (Å²) in [5.74, 6) is -2.05. The monoisotopic (exact) mass is 828 g/mol. The zero-order chi connectivity index (χ0) is 42.3. The van der Waals surface area contributed by atoms with Crippen molar-refractivity contribution in [3.05, 3.63) is 144 Å². The van der Waals surface area contributed by atoms with E-state index < -0.39 is 85.9 Å². The third-order valence-electron chi connectivity index (χ3n) is 9.78. The van der Waals surface area contributed by atoms with Gasteiger partial charge in [0.25, 0.3) is 0 Å². The molecule has 0 unspecified atom stereocenters. The molecule has 0 aliphatic carbocycles. The number of hydrogen-bond acceptors (Lipinski definition) is 14. The summed E-state index contributed by atoms with van der Waals surface area (Å²) in [4.78, 5) is 37.8. The molecule has 60 heavy (non-hydrogen) atoms. The number of carbonyl (C=O) groups excluding carboxylic acids is 3. The zero-order valence-electron chi connectivity index (χ0n) is 33.8. The lowest BCUT2D eigenvalue weighted by atomic mass is 9.97. The minimum absolute atomic E-state index is 0.0237. The third kappa shape index (κ3) is 13.0. The number of rotatable bonds is 19. The van der Waals surface area contributed by atoms with Gasteiger partial charge in [0.05, 0.1) is 39.6 Å². The molecule has 4 aromatic rings. The van der Waals surface area contributed by atoms with Gasteiger partial charge in [-0.3, -0.25) is 14.4 Å². The van der Waals surface area contributed by atoms with E-state index in [2.05, 4.69) is 0 Å². The Labute approximate surface area is 349 Å². The first kappa shape index (κ1) is 44.5. The number of aliphatic hydroxyl groups is 1. The summed E-state index contributed by atoms with van der Waals surface area (Å²) in [6.45, 7) is 3.87. The van der Waals surface area contributed by atoms with Crippen LogP contribution in [-0.2, 0) is 88.2 Å². The number of aliphatic hydroxyl groups excluding tert-OH is 1. The van der Waals surface area contributed by atoms with Crippen LogP contribution in [0.3, 0.4) is 0 Å². The lowest BCUT2D eigenvalue weighted by molar-refractivity contribution is -0.340. The largest absolute Gasteiger partial charge is 0.456 e. The van der Waals surface area contributed by atoms with E-state index in [1.54, 1.807) is 0 Å². The van der Waals surface area contributed by atoms with E-state index in [1.165, 1.54) is 20.8 Å². The SMILES string of the molecule is CC(=O)O[C@@H]1[C@@H](OCc2ccccc2)[C@H](O)O[C@H](CO[C@@H]2O[C@H](COCc3ccccc3)[C@H](OCc3ccccc3)[C@H](OCc3ccccc3)[C@H]2OC(C)=O)[C@@H]1OC(C)=O. The van der Waals surface area contributed by atoms with Gasteiger partial charge in [0.2, 0.25) is 0 Å². The van der Waals surface area contributed by atoms with Crippen molar-refractivity contribution in [1.82, 2.24) is 0 Å². The number of benzene rings is 4. The number of carbonyl (C=O) groups is 3. The number of esters is 3. The third-order valence-corrected chi connectivity index (χ3v) is 9.78. The van der Waals surface area contributed by atoms with Gasteiger partial charge in [-0.05, 0) is 22.3 Å². The number of hydrogen-bond donors (Lipinski definition) is 1. The predicted octanol–water partition coefficient (Wildman–Crippen LogP) is 5.21. The summed E-state index contributed by atoms with van der Waals surface area (Å²) in [5, 5.41) is 11.3. The van der Waals surface area contributed by atoms with E-state index in [4.69, 9.17) is 47.4 Å². The second kappa shape index (κ2) is 22.5. The van der Waals surface area contributed by atoms with Gasteiger partial charge in [-0.25, -0.2) is 0 Å². The van der Waals surface area contributed by atoms with Crippen molar-refractivity contribution in [3.8, 4) is 0 Å². The maximum Gasteiger partial charge on any atom is 0.303 e. The van der Waals surface area contributed by atoms with Crippen LogP contribution in [0.15, 0.2) is 121 Å². The Morgan fingerprint density at radius 1 is 0.450 bits per heavy atom. The molecule has 0 radical (unpaired) electrons. The first-order valence-corrected chi connectivity index (χ1v) is 19.8. The molecule has 2 fully saturated rings. The summed E-state index contributed by atoms with van der Waals surface area (Å²) in [6.07, 6.45) is -11.9. The summed E-state index contributed by atoms with van der Waals surface area (Å²) < 4.78 is 61.7. The van der Waals surface area contributed by atoms with E-state index in [-0.39, 0.29) is 33.0 Å². The van der Waals surface area contributed by atoms with E-state index >= 15 is 0 Å². The average molecular weight is 829 g/mol. The van der Waals surface area contributed by atoms with Gasteiger partial charge in [-0.2, -0.15) is 0 Å². The molecule has 1 N–H and O–H groups in total. The van der Waals surface area contributed by atoms with Crippen LogP contribution in [0.25, 0.3) is 0 Å². The highest BCUT2D eigenvalue weighted by Crippen LogP contribution is 2.33. The molecule has 4 aromatic carbocycles. The van der Waals surface area contributed by atoms with E-state index in [0.29, 0.717) is 0 Å². The van der Waals surface area contributed by atoms with Crippen molar-refractivity contribution in [3.63, 3.8) is 0 Å². The van der Waals surface area contributed by atoms with Crippen LogP contribution < -0.4 is 0 Å². The van der Waals surface area contributed by atoms with E-state index in [9.17, 15) is 19.5 Å². The van der Waals surface area contributed by atoms with E-state index in [1.807, 2.05) is 121 Å². The van der Waals surface area contributed by atoms with Gasteiger partial charge >= 0.3 is 17.9 Å². The van der Waals surface area contributed by atoms with Crippen molar-refractivity contribution in [2.45, 2.75) is 109 Å². The fraction of sp³-hybridized carbons (Fsp3) is 0.413. The Hall–Kier alpha value is -5.03. The highest BCUT2D eigenvalue weighted by molar-refractivity contribution is 5.67. The van der Waals surface area contributed by atoms with Gasteiger partial charge < -0.3 is 52.5 Å². The second-order valence-electron chi connectivity index (χ2n) is 14.4. The molecule has 0 aromatic heterocycles. The summed E-state index contributed by atoms with van der Waals surface area (Å²) in [5.41, 5.74) is 3.47. The molecule has 320 valence electrons. The molecule has 0 spiro atoms. The summed E-state index contributed by atoms with van der Waals surface area (Å²) in [7, 11) is 0. The molecule has 0 bridgehead atoms. The Morgan fingerprint density at radius 2 is 0.850 bits per heavy atom. The Morgan fingerprint density at radius 3 is 1.33 bits per heavy atom. The molecule has 0 amide bonds. The predicted molar refractivity (Wildman–Crippen MR) is 213 cm³/mol. The van der Waals surface area contributed by atoms with Crippen LogP contribution in [-0.4, -0.2) is 97.6 Å². The number of ether oxygens (including phenoxy) is 10. The maximum atomic E-state index is 12.8. The minimum Gasteiger partial charge on any atom is -0.456 e. The van der Waals surface area contributed by atoms with Gasteiger partial charge in [-0.15, -0.1) is 0 Å². The van der Waals surface area contributed by atoms with Gasteiger partial charge in [0.15, 0.2) is 30.9 Å². The molecule has 2 aliphatic heterocycles. The molecule has 6 rings (SSSR count). The van der Waals surface area contributed by atoms with Gasteiger partial charge in [0, 0.05) is 20.8 Å². The Balaban J connectivity index is 1.28. The Bertz CT molecular complexity index is 1900. The lowest BCUT2D eigenvalue weighted by Gasteiger charge is -2.46. The molecular formula is C46H52O14. The molecule has 10 atom stereocenters. The van der Waals surface area contributed by atoms with Crippen LogP contribution in [0.4, 0.5) is 0 Å².